The zero-order valence-electron chi connectivity index (χ0n) is 11.8. The van der Waals surface area contributed by atoms with Gasteiger partial charge in [-0.2, -0.15) is 5.10 Å². The number of aromatic nitrogens is 4. The lowest BCUT2D eigenvalue weighted by atomic mass is 10.3. The van der Waals surface area contributed by atoms with Crippen LogP contribution in [0.3, 0.4) is 0 Å². The van der Waals surface area contributed by atoms with Gasteiger partial charge in [0.2, 0.25) is 5.95 Å². The van der Waals surface area contributed by atoms with E-state index in [1.807, 2.05) is 0 Å². The molecule has 0 saturated heterocycles. The van der Waals surface area contributed by atoms with Crippen molar-refractivity contribution in [2.75, 3.05) is 7.05 Å². The second-order valence-corrected chi connectivity index (χ2v) is 4.65. The molecule has 2 rings (SSSR count). The monoisotopic (exact) mass is 274 g/mol. The molecule has 0 aromatic carbocycles. The first-order valence-corrected chi connectivity index (χ1v) is 6.42. The third kappa shape index (κ3) is 3.39. The second kappa shape index (κ2) is 6.25. The van der Waals surface area contributed by atoms with E-state index in [4.69, 9.17) is 0 Å². The van der Waals surface area contributed by atoms with E-state index in [-0.39, 0.29) is 5.91 Å². The second-order valence-electron chi connectivity index (χ2n) is 4.65. The molecule has 0 saturated carbocycles. The van der Waals surface area contributed by atoms with Crippen LogP contribution in [0.2, 0.25) is 0 Å². The lowest BCUT2D eigenvalue weighted by molar-refractivity contribution is 0.0957. The maximum atomic E-state index is 11.4. The number of nitrogens with one attached hydrogen (secondary N) is 2. The van der Waals surface area contributed by atoms with Crippen LogP contribution in [0, 0.1) is 0 Å². The van der Waals surface area contributed by atoms with Crippen molar-refractivity contribution in [3.8, 4) is 5.95 Å². The van der Waals surface area contributed by atoms with Crippen LogP contribution in [-0.4, -0.2) is 38.7 Å². The average molecular weight is 274 g/mol. The van der Waals surface area contributed by atoms with Gasteiger partial charge in [0.15, 0.2) is 5.69 Å². The minimum Gasteiger partial charge on any atom is -0.354 e. The molecule has 7 nitrogen and oxygen atoms in total. The molecule has 0 radical (unpaired) electrons. The normalized spacial score (nSPS) is 10.8. The van der Waals surface area contributed by atoms with Crippen molar-refractivity contribution in [3.05, 3.63) is 35.9 Å². The lowest BCUT2D eigenvalue weighted by Gasteiger charge is -2.07. The summed E-state index contributed by atoms with van der Waals surface area (Å²) in [7, 11) is 1.56. The molecule has 20 heavy (non-hydrogen) atoms. The van der Waals surface area contributed by atoms with Gasteiger partial charge in [-0.15, -0.1) is 0 Å². The van der Waals surface area contributed by atoms with E-state index in [2.05, 4.69) is 39.5 Å². The smallest absolute Gasteiger partial charge is 0.271 e. The summed E-state index contributed by atoms with van der Waals surface area (Å²) < 4.78 is 1.48. The van der Waals surface area contributed by atoms with Crippen LogP contribution in [0.15, 0.2) is 24.7 Å². The standard InChI is InChI=1S/C13H18N6O/c1-9(2)15-6-10-7-16-13(17-8-10)19-5-4-11(18-19)12(20)14-3/h4-5,7-9,15H,6H2,1-3H3,(H,14,20). The Kier molecular flexibility index (Phi) is 4.41. The zero-order valence-corrected chi connectivity index (χ0v) is 11.8. The van der Waals surface area contributed by atoms with Gasteiger partial charge in [0.25, 0.3) is 5.91 Å². The Hall–Kier alpha value is -2.28. The summed E-state index contributed by atoms with van der Waals surface area (Å²) in [5, 5.41) is 9.93. The van der Waals surface area contributed by atoms with Crippen molar-refractivity contribution in [1.82, 2.24) is 30.4 Å². The fraction of sp³-hybridized carbons (Fsp3) is 0.385. The molecule has 0 unspecified atom stereocenters. The van der Waals surface area contributed by atoms with E-state index in [0.29, 0.717) is 17.7 Å². The van der Waals surface area contributed by atoms with E-state index >= 15 is 0 Å². The van der Waals surface area contributed by atoms with Crippen LogP contribution >= 0.6 is 0 Å². The average Bonchev–Trinajstić information content (AvgIpc) is 2.94. The largest absolute Gasteiger partial charge is 0.354 e. The van der Waals surface area contributed by atoms with Crippen molar-refractivity contribution >= 4 is 5.91 Å². The van der Waals surface area contributed by atoms with Crippen molar-refractivity contribution in [2.24, 2.45) is 0 Å². The Morgan fingerprint density at radius 1 is 1.35 bits per heavy atom. The Labute approximate surface area is 117 Å². The molecule has 0 aliphatic rings. The van der Waals surface area contributed by atoms with Gasteiger partial charge in [0.05, 0.1) is 0 Å². The molecule has 0 aliphatic carbocycles. The van der Waals surface area contributed by atoms with E-state index in [1.165, 1.54) is 4.68 Å². The number of amides is 1. The minimum absolute atomic E-state index is 0.235. The quantitative estimate of drug-likeness (QED) is 0.830. The molecule has 0 atom stereocenters. The van der Waals surface area contributed by atoms with Crippen LogP contribution in [0.5, 0.6) is 0 Å². The zero-order chi connectivity index (χ0) is 14.5. The summed E-state index contributed by atoms with van der Waals surface area (Å²) in [6.45, 7) is 4.89. The van der Waals surface area contributed by atoms with Gasteiger partial charge in [0.1, 0.15) is 0 Å². The number of hydrogen-bond donors (Lipinski definition) is 2. The molecular weight excluding hydrogens is 256 g/mol. The Bertz CT molecular complexity index is 575. The molecule has 2 N–H and O–H groups in total. The van der Waals surface area contributed by atoms with Crippen molar-refractivity contribution in [1.29, 1.82) is 0 Å². The molecule has 2 heterocycles. The highest BCUT2D eigenvalue weighted by molar-refractivity contribution is 5.91. The van der Waals surface area contributed by atoms with E-state index in [0.717, 1.165) is 12.1 Å². The molecule has 2 aromatic heterocycles. The summed E-state index contributed by atoms with van der Waals surface area (Å²) in [5.41, 5.74) is 1.34. The van der Waals surface area contributed by atoms with Gasteiger partial charge in [-0.3, -0.25) is 4.79 Å². The Balaban J connectivity index is 2.09. The summed E-state index contributed by atoms with van der Waals surface area (Å²) in [5.74, 6) is 0.204. The van der Waals surface area contributed by atoms with Crippen molar-refractivity contribution in [2.45, 2.75) is 26.4 Å². The number of nitrogens with zero attached hydrogens (tertiary/aromatic N) is 4. The van der Waals surface area contributed by atoms with Crippen LogP contribution in [0.25, 0.3) is 5.95 Å². The highest BCUT2D eigenvalue weighted by atomic mass is 16.1. The molecule has 0 fully saturated rings. The molecule has 106 valence electrons. The Morgan fingerprint density at radius 2 is 2.05 bits per heavy atom. The van der Waals surface area contributed by atoms with Gasteiger partial charge in [0, 0.05) is 43.8 Å². The summed E-state index contributed by atoms with van der Waals surface area (Å²) >= 11 is 0. The summed E-state index contributed by atoms with van der Waals surface area (Å²) in [4.78, 5) is 19.9. The summed E-state index contributed by atoms with van der Waals surface area (Å²) in [6, 6.07) is 2.03. The maximum Gasteiger partial charge on any atom is 0.271 e. The molecular formula is C13H18N6O. The first-order chi connectivity index (χ1) is 9.60. The van der Waals surface area contributed by atoms with Gasteiger partial charge in [-0.1, -0.05) is 13.8 Å². The molecule has 2 aromatic rings. The van der Waals surface area contributed by atoms with Crippen LogP contribution in [0.4, 0.5) is 0 Å². The predicted molar refractivity (Wildman–Crippen MR) is 74.5 cm³/mol. The van der Waals surface area contributed by atoms with Crippen molar-refractivity contribution < 1.29 is 4.79 Å². The summed E-state index contributed by atoms with van der Waals surface area (Å²) in [6.07, 6.45) is 5.16. The van der Waals surface area contributed by atoms with Crippen LogP contribution < -0.4 is 10.6 Å². The van der Waals surface area contributed by atoms with E-state index in [1.54, 1.807) is 31.7 Å². The molecule has 1 amide bonds. The fourth-order valence-electron chi connectivity index (χ4n) is 1.56. The first-order valence-electron chi connectivity index (χ1n) is 6.42. The van der Waals surface area contributed by atoms with Crippen LogP contribution in [-0.2, 0) is 6.54 Å². The van der Waals surface area contributed by atoms with Gasteiger partial charge in [-0.25, -0.2) is 14.6 Å². The maximum absolute atomic E-state index is 11.4. The highest BCUT2D eigenvalue weighted by Crippen LogP contribution is 2.03. The number of rotatable bonds is 5. The lowest BCUT2D eigenvalue weighted by Crippen LogP contribution is -2.22. The molecule has 0 spiro atoms. The van der Waals surface area contributed by atoms with E-state index < -0.39 is 0 Å². The third-order valence-corrected chi connectivity index (χ3v) is 2.66. The molecule has 7 heteroatoms. The minimum atomic E-state index is -0.235. The fourth-order valence-corrected chi connectivity index (χ4v) is 1.56. The van der Waals surface area contributed by atoms with E-state index in [9.17, 15) is 4.79 Å². The van der Waals surface area contributed by atoms with Gasteiger partial charge in [-0.05, 0) is 6.07 Å². The van der Waals surface area contributed by atoms with Gasteiger partial charge >= 0.3 is 0 Å². The number of hydrogen-bond acceptors (Lipinski definition) is 5. The van der Waals surface area contributed by atoms with Gasteiger partial charge < -0.3 is 10.6 Å². The third-order valence-electron chi connectivity index (χ3n) is 2.66. The predicted octanol–water partition coefficient (Wildman–Crippen LogP) is 0.520. The topological polar surface area (TPSA) is 84.7 Å². The molecule has 0 aliphatic heterocycles. The highest BCUT2D eigenvalue weighted by Gasteiger charge is 2.09. The number of carbonyl (C=O) groups excluding carboxylic acids is 1. The molecule has 0 bridgehead atoms. The van der Waals surface area contributed by atoms with Crippen LogP contribution in [0.1, 0.15) is 29.9 Å². The SMILES string of the molecule is CNC(=O)c1ccn(-c2ncc(CNC(C)C)cn2)n1. The Morgan fingerprint density at radius 3 is 2.65 bits per heavy atom. The van der Waals surface area contributed by atoms with Crippen molar-refractivity contribution in [3.63, 3.8) is 0 Å². The first kappa shape index (κ1) is 14.1. The number of carbonyl (C=O) groups is 1.